The molecule has 1 N–H and O–H groups in total. The van der Waals surface area contributed by atoms with Crippen molar-refractivity contribution in [2.45, 2.75) is 52.2 Å². The van der Waals surface area contributed by atoms with Gasteiger partial charge in [-0.05, 0) is 69.5 Å². The molecule has 2 aromatic carbocycles. The predicted octanol–water partition coefficient (Wildman–Crippen LogP) is 5.14. The van der Waals surface area contributed by atoms with Crippen LogP contribution in [-0.2, 0) is 17.2 Å². The van der Waals surface area contributed by atoms with E-state index in [2.05, 4.69) is 17.0 Å². The molecule has 0 amide bonds. The Morgan fingerprint density at radius 1 is 1.23 bits per heavy atom. The van der Waals surface area contributed by atoms with Gasteiger partial charge in [-0.15, -0.1) is 0 Å². The minimum Gasteiger partial charge on any atom is -0.435 e. The summed E-state index contributed by atoms with van der Waals surface area (Å²) >= 11 is 0. The summed E-state index contributed by atoms with van der Waals surface area (Å²) in [4.78, 5) is 11.1. The van der Waals surface area contributed by atoms with E-state index in [4.69, 9.17) is 5.10 Å². The van der Waals surface area contributed by atoms with Crippen LogP contribution in [0.1, 0.15) is 49.7 Å². The number of carbonyl (C=O) groups is 1. The summed E-state index contributed by atoms with van der Waals surface area (Å²) in [5.41, 5.74) is 3.20. The van der Waals surface area contributed by atoms with Crippen LogP contribution < -0.4 is 10.1 Å². The summed E-state index contributed by atoms with van der Waals surface area (Å²) in [6.45, 7) is 3.22. The molecule has 1 aliphatic heterocycles. The Bertz CT molecular complexity index is 1170. The number of fused-ring (bicyclic) bond motifs is 1. The van der Waals surface area contributed by atoms with Crippen LogP contribution in [0.25, 0.3) is 16.6 Å². The van der Waals surface area contributed by atoms with Crippen molar-refractivity contribution in [3.8, 4) is 11.4 Å². The molecule has 3 aromatic rings. The van der Waals surface area contributed by atoms with E-state index in [-0.39, 0.29) is 11.3 Å². The predicted molar refractivity (Wildman–Crippen MR) is 136 cm³/mol. The fraction of sp³-hybridized carbons (Fsp3) is 0.462. The van der Waals surface area contributed by atoms with Crippen LogP contribution in [0.3, 0.4) is 0 Å². The number of hydrogen-bond acceptors (Lipinski definition) is 5. The highest BCUT2D eigenvalue weighted by atomic mass is 32.2. The number of rotatable bonds is 7. The molecule has 2 fully saturated rings. The number of benzene rings is 2. The lowest BCUT2D eigenvalue weighted by Crippen LogP contribution is -2.58. The van der Waals surface area contributed by atoms with E-state index in [1.54, 1.807) is 22.9 Å². The molecular weight excluding hydrogens is 472 g/mol. The fourth-order valence-electron chi connectivity index (χ4n) is 3.82. The number of aromatic nitrogens is 2. The van der Waals surface area contributed by atoms with E-state index in [1.165, 1.54) is 25.0 Å². The Labute approximate surface area is 207 Å². The van der Waals surface area contributed by atoms with E-state index >= 15 is 0 Å². The summed E-state index contributed by atoms with van der Waals surface area (Å²) in [5, 5.41) is 8.74. The largest absolute Gasteiger partial charge is 0.435 e. The monoisotopic (exact) mass is 505 g/mol. The lowest BCUT2D eigenvalue weighted by atomic mass is 10.1. The van der Waals surface area contributed by atoms with Gasteiger partial charge < -0.3 is 10.1 Å². The Balaban J connectivity index is 0.000000289. The number of hydrogen-bond donors (Lipinski definition) is 1. The molecule has 1 saturated heterocycles. The second-order valence-electron chi connectivity index (χ2n) is 8.82. The number of nitrogens with zero attached hydrogens (tertiary/aromatic N) is 2. The van der Waals surface area contributed by atoms with Crippen molar-refractivity contribution < 1.29 is 22.5 Å². The molecule has 1 saturated carbocycles. The van der Waals surface area contributed by atoms with Gasteiger partial charge in [0.05, 0.1) is 16.9 Å². The highest BCUT2D eigenvalue weighted by Gasteiger charge is 2.36. The third-order valence-corrected chi connectivity index (χ3v) is 7.86. The first-order valence-electron chi connectivity index (χ1n) is 11.9. The fourth-order valence-corrected chi connectivity index (χ4v) is 5.44. The summed E-state index contributed by atoms with van der Waals surface area (Å²) in [6.07, 6.45) is 4.06. The SMILES string of the molecule is CC.CNC1(C)CS(=O)C1.O=Cc1ccc2c(c1)c(CC1CC1)nn2-c1cccc(OC(F)F)c1. The van der Waals surface area contributed by atoms with Crippen molar-refractivity contribution in [2.75, 3.05) is 18.6 Å². The van der Waals surface area contributed by atoms with E-state index in [1.807, 2.05) is 33.0 Å². The molecule has 2 aliphatic rings. The summed E-state index contributed by atoms with van der Waals surface area (Å²) in [7, 11) is 1.39. The number of halogens is 2. The van der Waals surface area contributed by atoms with E-state index in [9.17, 15) is 17.8 Å². The summed E-state index contributed by atoms with van der Waals surface area (Å²) in [5.74, 6) is 2.37. The lowest BCUT2D eigenvalue weighted by Gasteiger charge is -2.36. The molecule has 0 spiro atoms. The van der Waals surface area contributed by atoms with Crippen molar-refractivity contribution in [3.63, 3.8) is 0 Å². The van der Waals surface area contributed by atoms with Crippen LogP contribution in [0.2, 0.25) is 0 Å². The number of alkyl halides is 2. The van der Waals surface area contributed by atoms with Gasteiger partial charge in [0, 0.05) is 44.9 Å². The summed E-state index contributed by atoms with van der Waals surface area (Å²) < 4.78 is 41.7. The Hall–Kier alpha value is -2.65. The van der Waals surface area contributed by atoms with Crippen LogP contribution in [0, 0.1) is 5.92 Å². The average Bonchev–Trinajstić information content (AvgIpc) is 3.59. The van der Waals surface area contributed by atoms with Gasteiger partial charge in [0.15, 0.2) is 0 Å². The smallest absolute Gasteiger partial charge is 0.387 e. The molecule has 6 nitrogen and oxygen atoms in total. The van der Waals surface area contributed by atoms with Crippen LogP contribution in [0.15, 0.2) is 42.5 Å². The maximum atomic E-state index is 12.5. The van der Waals surface area contributed by atoms with Crippen LogP contribution >= 0.6 is 0 Å². The maximum absolute atomic E-state index is 12.5. The Morgan fingerprint density at radius 2 is 1.94 bits per heavy atom. The van der Waals surface area contributed by atoms with E-state index in [0.717, 1.165) is 40.8 Å². The van der Waals surface area contributed by atoms with Crippen LogP contribution in [0.5, 0.6) is 5.75 Å². The highest BCUT2D eigenvalue weighted by Crippen LogP contribution is 2.35. The molecule has 0 unspecified atom stereocenters. The summed E-state index contributed by atoms with van der Waals surface area (Å²) in [6, 6.07) is 11.9. The zero-order chi connectivity index (χ0) is 25.6. The first-order valence-corrected chi connectivity index (χ1v) is 13.3. The number of carbonyl (C=O) groups excluding carboxylic acids is 1. The zero-order valence-corrected chi connectivity index (χ0v) is 21.4. The van der Waals surface area contributed by atoms with E-state index < -0.39 is 17.4 Å². The first-order chi connectivity index (χ1) is 16.8. The second-order valence-corrected chi connectivity index (χ2v) is 10.3. The van der Waals surface area contributed by atoms with Gasteiger partial charge in [-0.2, -0.15) is 13.9 Å². The number of ether oxygens (including phenoxy) is 1. The zero-order valence-electron chi connectivity index (χ0n) is 20.6. The van der Waals surface area contributed by atoms with Gasteiger partial charge in [-0.1, -0.05) is 19.9 Å². The topological polar surface area (TPSA) is 73.2 Å². The molecule has 0 radical (unpaired) electrons. The minimum absolute atomic E-state index is 0.0874. The lowest BCUT2D eigenvalue weighted by molar-refractivity contribution is -0.0498. The standard InChI is InChI=1S/C19H16F2N2O2.C5H11NOS.C2H6/c20-19(21)25-15-3-1-2-14(10-15)23-18-7-6-13(11-24)8-16(18)17(22-23)9-12-4-5-12;1-5(6-2)3-8(7)4-5;1-2/h1-3,6-8,10-12,19H,4-5,9H2;6H,3-4H2,1-2H3;1-2H3. The van der Waals surface area contributed by atoms with Gasteiger partial charge in [0.2, 0.25) is 0 Å². The molecule has 5 rings (SSSR count). The minimum atomic E-state index is -2.87. The number of aldehydes is 1. The van der Waals surface area contributed by atoms with E-state index in [0.29, 0.717) is 17.2 Å². The number of nitrogens with one attached hydrogen (secondary N) is 1. The van der Waals surface area contributed by atoms with Crippen LogP contribution in [-0.4, -0.2) is 51.0 Å². The van der Waals surface area contributed by atoms with Crippen LogP contribution in [0.4, 0.5) is 8.78 Å². The van der Waals surface area contributed by atoms with Crippen molar-refractivity contribution in [1.29, 1.82) is 0 Å². The van der Waals surface area contributed by atoms with Gasteiger partial charge >= 0.3 is 6.61 Å². The molecule has 1 aliphatic carbocycles. The quantitative estimate of drug-likeness (QED) is 0.450. The van der Waals surface area contributed by atoms with Crippen molar-refractivity contribution >= 4 is 28.0 Å². The van der Waals surface area contributed by atoms with Gasteiger partial charge in [0.1, 0.15) is 12.0 Å². The van der Waals surface area contributed by atoms with Crippen molar-refractivity contribution in [1.82, 2.24) is 15.1 Å². The third-order valence-electron chi connectivity index (χ3n) is 5.95. The Kier molecular flexibility index (Phi) is 9.13. The Morgan fingerprint density at radius 3 is 2.49 bits per heavy atom. The highest BCUT2D eigenvalue weighted by molar-refractivity contribution is 7.86. The molecular formula is C26H33F2N3O3S. The van der Waals surface area contributed by atoms with Crippen molar-refractivity contribution in [2.24, 2.45) is 5.92 Å². The molecule has 1 aromatic heterocycles. The normalized spacial score (nSPS) is 20.8. The first kappa shape index (κ1) is 26.9. The molecule has 0 bridgehead atoms. The molecule has 35 heavy (non-hydrogen) atoms. The molecule has 2 heterocycles. The molecule has 0 atom stereocenters. The third kappa shape index (κ3) is 6.95. The van der Waals surface area contributed by atoms with Gasteiger partial charge in [0.25, 0.3) is 0 Å². The van der Waals surface area contributed by atoms with Gasteiger partial charge in [-0.25, -0.2) is 4.68 Å². The second kappa shape index (κ2) is 11.9. The van der Waals surface area contributed by atoms with Gasteiger partial charge in [-0.3, -0.25) is 9.00 Å². The van der Waals surface area contributed by atoms with Crippen molar-refractivity contribution in [3.05, 3.63) is 53.7 Å². The molecule has 190 valence electrons. The maximum Gasteiger partial charge on any atom is 0.387 e. The average molecular weight is 506 g/mol. The molecule has 9 heteroatoms.